The van der Waals surface area contributed by atoms with Gasteiger partial charge in [-0.05, 0) is 42.5 Å². The molecule has 1 aromatic carbocycles. The van der Waals surface area contributed by atoms with Crippen LogP contribution in [-0.2, 0) is 0 Å². The molecule has 0 aromatic heterocycles. The van der Waals surface area contributed by atoms with Gasteiger partial charge in [-0.3, -0.25) is 0 Å². The molecule has 0 radical (unpaired) electrons. The van der Waals surface area contributed by atoms with Gasteiger partial charge in [-0.25, -0.2) is 0 Å². The lowest BCUT2D eigenvalue weighted by atomic mass is 9.76. The summed E-state index contributed by atoms with van der Waals surface area (Å²) in [6, 6.07) is 7.66. The van der Waals surface area contributed by atoms with Gasteiger partial charge in [0, 0.05) is 17.6 Å². The van der Waals surface area contributed by atoms with Gasteiger partial charge < -0.3 is 15.2 Å². The third-order valence-corrected chi connectivity index (χ3v) is 4.78. The number of rotatable bonds is 7. The zero-order valence-corrected chi connectivity index (χ0v) is 14.4. The molecule has 1 aromatic rings. The van der Waals surface area contributed by atoms with Crippen molar-refractivity contribution < 1.29 is 9.84 Å². The van der Waals surface area contributed by atoms with Crippen molar-refractivity contribution in [2.75, 3.05) is 19.7 Å². The second-order valence-corrected chi connectivity index (χ2v) is 7.34. The van der Waals surface area contributed by atoms with E-state index in [1.54, 1.807) is 0 Å². The molecule has 1 unspecified atom stereocenters. The number of hydrogen-bond donors (Lipinski definition) is 2. The van der Waals surface area contributed by atoms with Crippen molar-refractivity contribution in [3.63, 3.8) is 0 Å². The molecule has 1 saturated carbocycles. The van der Waals surface area contributed by atoms with Crippen LogP contribution in [0.1, 0.15) is 39.0 Å². The number of benzene rings is 1. The lowest BCUT2D eigenvalue weighted by molar-refractivity contribution is 0.100. The molecule has 3 nitrogen and oxygen atoms in total. The number of aliphatic hydroxyl groups excluding tert-OH is 1. The van der Waals surface area contributed by atoms with Gasteiger partial charge in [0.05, 0.1) is 0 Å². The molecule has 0 amide bonds. The Hall–Kier alpha value is -0.580. The van der Waals surface area contributed by atoms with Crippen LogP contribution in [0.3, 0.4) is 0 Å². The molecule has 0 aliphatic heterocycles. The van der Waals surface area contributed by atoms with E-state index in [9.17, 15) is 5.11 Å². The molecule has 0 saturated heterocycles. The molecule has 21 heavy (non-hydrogen) atoms. The predicted octanol–water partition coefficient (Wildman–Crippen LogP) is 3.75. The first kappa shape index (κ1) is 16.8. The molecule has 0 heterocycles. The standard InChI is InChI=1S/C17H26BrNO2/c1-17(9-3-2-4-10-17)13-19-11-15(20)12-21-16-7-5-14(18)6-8-16/h5-8,15,19-20H,2-4,9-13H2,1H3. The van der Waals surface area contributed by atoms with Crippen LogP contribution < -0.4 is 10.1 Å². The SMILES string of the molecule is CC1(CNCC(O)COc2ccc(Br)cc2)CCCCC1. The van der Waals surface area contributed by atoms with E-state index in [0.717, 1.165) is 16.8 Å². The fraction of sp³-hybridized carbons (Fsp3) is 0.647. The minimum Gasteiger partial charge on any atom is -0.491 e. The Kier molecular flexibility index (Phi) is 6.52. The zero-order chi connectivity index (χ0) is 15.1. The van der Waals surface area contributed by atoms with E-state index in [1.807, 2.05) is 24.3 Å². The summed E-state index contributed by atoms with van der Waals surface area (Å²) < 4.78 is 6.61. The highest BCUT2D eigenvalue weighted by Gasteiger charge is 2.26. The van der Waals surface area contributed by atoms with E-state index in [1.165, 1.54) is 32.1 Å². The fourth-order valence-corrected chi connectivity index (χ4v) is 3.17. The molecular formula is C17H26BrNO2. The first-order valence-corrected chi connectivity index (χ1v) is 8.64. The van der Waals surface area contributed by atoms with Crippen molar-refractivity contribution in [1.82, 2.24) is 5.32 Å². The van der Waals surface area contributed by atoms with E-state index in [4.69, 9.17) is 4.74 Å². The molecule has 1 atom stereocenters. The predicted molar refractivity (Wildman–Crippen MR) is 89.7 cm³/mol. The van der Waals surface area contributed by atoms with Gasteiger partial charge in [-0.15, -0.1) is 0 Å². The van der Waals surface area contributed by atoms with Crippen molar-refractivity contribution in [2.24, 2.45) is 5.41 Å². The highest BCUT2D eigenvalue weighted by atomic mass is 79.9. The first-order valence-electron chi connectivity index (χ1n) is 7.85. The van der Waals surface area contributed by atoms with Crippen LogP contribution in [0.4, 0.5) is 0 Å². The molecular weight excluding hydrogens is 330 g/mol. The maximum Gasteiger partial charge on any atom is 0.119 e. The molecule has 0 spiro atoms. The van der Waals surface area contributed by atoms with Gasteiger partial charge in [-0.1, -0.05) is 42.1 Å². The summed E-state index contributed by atoms with van der Waals surface area (Å²) >= 11 is 3.39. The average Bonchev–Trinajstić information content (AvgIpc) is 2.47. The largest absolute Gasteiger partial charge is 0.491 e. The summed E-state index contributed by atoms with van der Waals surface area (Å²) in [5, 5.41) is 13.4. The van der Waals surface area contributed by atoms with Crippen molar-refractivity contribution in [2.45, 2.75) is 45.1 Å². The quantitative estimate of drug-likeness (QED) is 0.782. The zero-order valence-electron chi connectivity index (χ0n) is 12.8. The summed E-state index contributed by atoms with van der Waals surface area (Å²) in [5.41, 5.74) is 0.407. The van der Waals surface area contributed by atoms with E-state index in [-0.39, 0.29) is 0 Å². The Morgan fingerprint density at radius 2 is 1.90 bits per heavy atom. The highest BCUT2D eigenvalue weighted by molar-refractivity contribution is 9.10. The number of ether oxygens (including phenoxy) is 1. The van der Waals surface area contributed by atoms with Crippen LogP contribution >= 0.6 is 15.9 Å². The molecule has 0 bridgehead atoms. The van der Waals surface area contributed by atoms with Gasteiger partial charge in [0.15, 0.2) is 0 Å². The summed E-state index contributed by atoms with van der Waals surface area (Å²) in [5.74, 6) is 0.788. The Labute approximate surface area is 136 Å². The van der Waals surface area contributed by atoms with Gasteiger partial charge in [-0.2, -0.15) is 0 Å². The van der Waals surface area contributed by atoms with Crippen LogP contribution in [0.25, 0.3) is 0 Å². The average molecular weight is 356 g/mol. The van der Waals surface area contributed by atoms with Gasteiger partial charge in [0.25, 0.3) is 0 Å². The van der Waals surface area contributed by atoms with Crippen molar-refractivity contribution >= 4 is 15.9 Å². The highest BCUT2D eigenvalue weighted by Crippen LogP contribution is 2.34. The summed E-state index contributed by atoms with van der Waals surface area (Å²) in [6.45, 7) is 4.25. The van der Waals surface area contributed by atoms with Crippen LogP contribution in [-0.4, -0.2) is 30.9 Å². The molecule has 118 valence electrons. The molecule has 1 aliphatic rings. The Balaban J connectivity index is 1.63. The van der Waals surface area contributed by atoms with Crippen molar-refractivity contribution in [1.29, 1.82) is 0 Å². The normalized spacial score (nSPS) is 19.2. The third-order valence-electron chi connectivity index (χ3n) is 4.25. The summed E-state index contributed by atoms with van der Waals surface area (Å²) in [6.07, 6.45) is 6.18. The lowest BCUT2D eigenvalue weighted by Gasteiger charge is -2.34. The molecule has 1 aliphatic carbocycles. The minimum atomic E-state index is -0.471. The maximum atomic E-state index is 9.98. The Morgan fingerprint density at radius 3 is 2.57 bits per heavy atom. The second kappa shape index (κ2) is 8.16. The Bertz CT molecular complexity index is 415. The molecule has 2 rings (SSSR count). The van der Waals surface area contributed by atoms with Gasteiger partial charge in [0.1, 0.15) is 18.5 Å². The first-order chi connectivity index (χ1) is 10.1. The number of halogens is 1. The van der Waals surface area contributed by atoms with Crippen LogP contribution in [0.2, 0.25) is 0 Å². The van der Waals surface area contributed by atoms with Crippen molar-refractivity contribution in [3.05, 3.63) is 28.7 Å². The van der Waals surface area contributed by atoms with Crippen LogP contribution in [0.15, 0.2) is 28.7 Å². The number of hydrogen-bond acceptors (Lipinski definition) is 3. The molecule has 2 N–H and O–H groups in total. The molecule has 4 heteroatoms. The second-order valence-electron chi connectivity index (χ2n) is 6.42. The van der Waals surface area contributed by atoms with E-state index in [0.29, 0.717) is 18.6 Å². The smallest absolute Gasteiger partial charge is 0.119 e. The van der Waals surface area contributed by atoms with Gasteiger partial charge in [0.2, 0.25) is 0 Å². The minimum absolute atomic E-state index is 0.325. The van der Waals surface area contributed by atoms with E-state index >= 15 is 0 Å². The lowest BCUT2D eigenvalue weighted by Crippen LogP contribution is -2.39. The Morgan fingerprint density at radius 1 is 1.24 bits per heavy atom. The molecule has 1 fully saturated rings. The number of aliphatic hydroxyl groups is 1. The maximum absolute atomic E-state index is 9.98. The summed E-state index contributed by atoms with van der Waals surface area (Å²) in [4.78, 5) is 0. The van der Waals surface area contributed by atoms with E-state index in [2.05, 4.69) is 28.2 Å². The third kappa shape index (κ3) is 5.97. The van der Waals surface area contributed by atoms with Crippen LogP contribution in [0.5, 0.6) is 5.75 Å². The van der Waals surface area contributed by atoms with E-state index < -0.39 is 6.10 Å². The van der Waals surface area contributed by atoms with Crippen LogP contribution in [0, 0.1) is 5.41 Å². The monoisotopic (exact) mass is 355 g/mol. The van der Waals surface area contributed by atoms with Gasteiger partial charge >= 0.3 is 0 Å². The van der Waals surface area contributed by atoms with Crippen molar-refractivity contribution in [3.8, 4) is 5.75 Å². The fourth-order valence-electron chi connectivity index (χ4n) is 2.90. The topological polar surface area (TPSA) is 41.5 Å². The number of nitrogens with one attached hydrogen (secondary N) is 1. The summed E-state index contributed by atoms with van der Waals surface area (Å²) in [7, 11) is 0.